The molecule has 0 amide bonds. The first-order chi connectivity index (χ1) is 14.0. The van der Waals surface area contributed by atoms with Gasteiger partial charge < -0.3 is 13.9 Å². The van der Waals surface area contributed by atoms with E-state index in [2.05, 4.69) is 10.2 Å². The molecule has 0 bridgehead atoms. The van der Waals surface area contributed by atoms with E-state index in [9.17, 15) is 8.42 Å². The van der Waals surface area contributed by atoms with E-state index in [0.29, 0.717) is 49.2 Å². The fourth-order valence-electron chi connectivity index (χ4n) is 3.37. The van der Waals surface area contributed by atoms with E-state index in [-0.39, 0.29) is 10.8 Å². The van der Waals surface area contributed by atoms with E-state index in [1.54, 1.807) is 17.4 Å². The lowest BCUT2D eigenvalue weighted by atomic mass is 9.98. The highest BCUT2D eigenvalue weighted by atomic mass is 32.2. The molecule has 1 aromatic carbocycles. The number of ether oxygens (including phenoxy) is 2. The molecule has 2 aromatic heterocycles. The number of benzene rings is 1. The molecule has 0 unspecified atom stereocenters. The minimum Gasteiger partial charge on any atom is -0.493 e. The zero-order chi connectivity index (χ0) is 20.4. The number of piperidine rings is 1. The number of sulfonamides is 1. The second kappa shape index (κ2) is 8.13. The summed E-state index contributed by atoms with van der Waals surface area (Å²) in [4.78, 5) is 0.186. The highest BCUT2D eigenvalue weighted by Crippen LogP contribution is 2.34. The van der Waals surface area contributed by atoms with Gasteiger partial charge in [0.25, 0.3) is 0 Å². The number of aromatic nitrogens is 2. The van der Waals surface area contributed by atoms with Gasteiger partial charge in [0.15, 0.2) is 11.5 Å². The van der Waals surface area contributed by atoms with Crippen LogP contribution in [-0.2, 0) is 10.0 Å². The van der Waals surface area contributed by atoms with Crippen LogP contribution < -0.4 is 9.47 Å². The average Bonchev–Trinajstić information content (AvgIpc) is 3.45. The SMILES string of the molecule is COc1ccc(S(=O)(=O)N2CCC(c3nnc(-c4ccsc4)o3)CC2)cc1OC. The Balaban J connectivity index is 1.46. The number of nitrogens with zero attached hydrogens (tertiary/aromatic N) is 3. The molecule has 8 nitrogen and oxygen atoms in total. The molecule has 3 heterocycles. The molecule has 1 aliphatic rings. The Bertz CT molecular complexity index is 1070. The zero-order valence-electron chi connectivity index (χ0n) is 16.1. The molecule has 10 heteroatoms. The summed E-state index contributed by atoms with van der Waals surface area (Å²) < 4.78 is 43.8. The van der Waals surface area contributed by atoms with Gasteiger partial charge in [-0.05, 0) is 36.4 Å². The van der Waals surface area contributed by atoms with Gasteiger partial charge in [-0.25, -0.2) is 8.42 Å². The number of thiophene rings is 1. The van der Waals surface area contributed by atoms with Crippen molar-refractivity contribution in [2.45, 2.75) is 23.7 Å². The second-order valence-corrected chi connectivity index (χ2v) is 9.37. The normalized spacial score (nSPS) is 16.1. The van der Waals surface area contributed by atoms with Crippen LogP contribution in [0.25, 0.3) is 11.5 Å². The summed E-state index contributed by atoms with van der Waals surface area (Å²) in [6.45, 7) is 0.773. The van der Waals surface area contributed by atoms with Gasteiger partial charge in [-0.1, -0.05) is 0 Å². The molecule has 3 aromatic rings. The number of hydrogen-bond donors (Lipinski definition) is 0. The summed E-state index contributed by atoms with van der Waals surface area (Å²) in [7, 11) is -0.630. The molecule has 154 valence electrons. The molecule has 1 saturated heterocycles. The maximum Gasteiger partial charge on any atom is 0.248 e. The first kappa shape index (κ1) is 19.9. The molecule has 0 radical (unpaired) electrons. The Labute approximate surface area is 173 Å². The van der Waals surface area contributed by atoms with Gasteiger partial charge in [0.1, 0.15) is 0 Å². The summed E-state index contributed by atoms with van der Waals surface area (Å²) in [5, 5.41) is 12.2. The van der Waals surface area contributed by atoms with E-state index in [1.807, 2.05) is 16.8 Å². The van der Waals surface area contributed by atoms with Crippen LogP contribution in [0.2, 0.25) is 0 Å². The van der Waals surface area contributed by atoms with Crippen molar-refractivity contribution in [2.24, 2.45) is 0 Å². The van der Waals surface area contributed by atoms with E-state index >= 15 is 0 Å². The Morgan fingerprint density at radius 3 is 2.52 bits per heavy atom. The first-order valence-electron chi connectivity index (χ1n) is 9.11. The molecule has 0 atom stereocenters. The topological polar surface area (TPSA) is 94.8 Å². The molecular formula is C19H21N3O5S2. The van der Waals surface area contributed by atoms with Crippen LogP contribution in [0.1, 0.15) is 24.7 Å². The largest absolute Gasteiger partial charge is 0.493 e. The minimum atomic E-state index is -3.62. The third-order valence-electron chi connectivity index (χ3n) is 5.00. The van der Waals surface area contributed by atoms with Crippen LogP contribution in [0.5, 0.6) is 11.5 Å². The molecule has 0 spiro atoms. The number of rotatable bonds is 6. The summed E-state index contributed by atoms with van der Waals surface area (Å²) >= 11 is 1.57. The molecule has 0 aliphatic carbocycles. The van der Waals surface area contributed by atoms with Crippen LogP contribution in [0.15, 0.2) is 44.3 Å². The van der Waals surface area contributed by atoms with Crippen LogP contribution in [-0.4, -0.2) is 50.2 Å². The Morgan fingerprint density at radius 2 is 1.86 bits per heavy atom. The van der Waals surface area contributed by atoms with Gasteiger partial charge in [0.2, 0.25) is 21.8 Å². The van der Waals surface area contributed by atoms with Crippen molar-refractivity contribution in [1.29, 1.82) is 0 Å². The van der Waals surface area contributed by atoms with E-state index in [1.165, 1.54) is 30.7 Å². The monoisotopic (exact) mass is 435 g/mol. The quantitative estimate of drug-likeness (QED) is 0.586. The van der Waals surface area contributed by atoms with Crippen LogP contribution >= 0.6 is 11.3 Å². The smallest absolute Gasteiger partial charge is 0.248 e. The molecule has 1 fully saturated rings. The summed E-state index contributed by atoms with van der Waals surface area (Å²) in [6.07, 6.45) is 1.25. The van der Waals surface area contributed by atoms with Crippen LogP contribution in [0.4, 0.5) is 0 Å². The fourth-order valence-corrected chi connectivity index (χ4v) is 5.49. The van der Waals surface area contributed by atoms with Gasteiger partial charge in [0, 0.05) is 36.0 Å². The standard InChI is InChI=1S/C19H21N3O5S2/c1-25-16-4-3-15(11-17(16)26-2)29(23,24)22-8-5-13(6-9-22)18-20-21-19(27-18)14-7-10-28-12-14/h3-4,7,10-13H,5-6,8-9H2,1-2H3. The molecule has 1 aliphatic heterocycles. The van der Waals surface area contributed by atoms with Crippen molar-refractivity contribution >= 4 is 21.4 Å². The molecule has 4 rings (SSSR count). The van der Waals surface area contributed by atoms with Crippen LogP contribution in [0, 0.1) is 0 Å². The zero-order valence-corrected chi connectivity index (χ0v) is 17.7. The molecule has 0 saturated carbocycles. The van der Waals surface area contributed by atoms with Crippen molar-refractivity contribution in [1.82, 2.24) is 14.5 Å². The molecule has 29 heavy (non-hydrogen) atoms. The second-order valence-electron chi connectivity index (χ2n) is 6.65. The van der Waals surface area contributed by atoms with Crippen molar-refractivity contribution in [3.8, 4) is 23.0 Å². The minimum absolute atomic E-state index is 0.0479. The Kier molecular flexibility index (Phi) is 5.57. The van der Waals surface area contributed by atoms with Gasteiger partial charge in [-0.15, -0.1) is 10.2 Å². The van der Waals surface area contributed by atoms with Crippen molar-refractivity contribution in [2.75, 3.05) is 27.3 Å². The lowest BCUT2D eigenvalue weighted by Gasteiger charge is -2.29. The van der Waals surface area contributed by atoms with Crippen LogP contribution in [0.3, 0.4) is 0 Å². The van der Waals surface area contributed by atoms with Gasteiger partial charge in [0.05, 0.1) is 19.1 Å². The third kappa shape index (κ3) is 3.87. The van der Waals surface area contributed by atoms with E-state index in [4.69, 9.17) is 13.9 Å². The Morgan fingerprint density at radius 1 is 1.10 bits per heavy atom. The van der Waals surface area contributed by atoms with E-state index < -0.39 is 10.0 Å². The van der Waals surface area contributed by atoms with Gasteiger partial charge in [-0.3, -0.25) is 0 Å². The maximum atomic E-state index is 13.0. The lowest BCUT2D eigenvalue weighted by molar-refractivity contribution is 0.291. The van der Waals surface area contributed by atoms with Crippen molar-refractivity contribution in [3.63, 3.8) is 0 Å². The van der Waals surface area contributed by atoms with Crippen molar-refractivity contribution < 1.29 is 22.3 Å². The summed E-state index contributed by atoms with van der Waals surface area (Å²) in [6, 6.07) is 6.56. The van der Waals surface area contributed by atoms with Gasteiger partial charge >= 0.3 is 0 Å². The molecular weight excluding hydrogens is 414 g/mol. The van der Waals surface area contributed by atoms with Crippen molar-refractivity contribution in [3.05, 3.63) is 40.9 Å². The Hall–Kier alpha value is -2.43. The lowest BCUT2D eigenvalue weighted by Crippen LogP contribution is -2.38. The highest BCUT2D eigenvalue weighted by Gasteiger charge is 2.32. The fraction of sp³-hybridized carbons (Fsp3) is 0.368. The predicted molar refractivity (Wildman–Crippen MR) is 108 cm³/mol. The molecule has 0 N–H and O–H groups in total. The highest BCUT2D eigenvalue weighted by molar-refractivity contribution is 7.89. The predicted octanol–water partition coefficient (Wildman–Crippen LogP) is 3.38. The average molecular weight is 436 g/mol. The first-order valence-corrected chi connectivity index (χ1v) is 11.5. The number of methoxy groups -OCH3 is 2. The maximum absolute atomic E-state index is 13.0. The van der Waals surface area contributed by atoms with E-state index in [0.717, 1.165) is 5.56 Å². The number of hydrogen-bond acceptors (Lipinski definition) is 8. The van der Waals surface area contributed by atoms with Gasteiger partial charge in [-0.2, -0.15) is 15.6 Å². The summed E-state index contributed by atoms with van der Waals surface area (Å²) in [5.41, 5.74) is 0.905. The third-order valence-corrected chi connectivity index (χ3v) is 7.58. The summed E-state index contributed by atoms with van der Waals surface area (Å²) in [5.74, 6) is 1.99.